The van der Waals surface area contributed by atoms with E-state index in [0.29, 0.717) is 6.07 Å². The molecule has 1 atom stereocenters. The number of hydrogen-bond donors (Lipinski definition) is 2. The van der Waals surface area contributed by atoms with Crippen molar-refractivity contribution in [2.75, 3.05) is 0 Å². The van der Waals surface area contributed by atoms with Crippen molar-refractivity contribution in [1.82, 2.24) is 0 Å². The number of rotatable bonds is 3. The van der Waals surface area contributed by atoms with Crippen molar-refractivity contribution in [3.05, 3.63) is 38.1 Å². The van der Waals surface area contributed by atoms with E-state index in [4.69, 9.17) is 10.2 Å². The SMILES string of the molecule is O=C(O)C(O)c1cc(F)c([N+](=O)[O-])cc1Br. The van der Waals surface area contributed by atoms with Gasteiger partial charge in [0.05, 0.1) is 4.92 Å². The Labute approximate surface area is 96.6 Å². The first-order chi connectivity index (χ1) is 7.34. The summed E-state index contributed by atoms with van der Waals surface area (Å²) >= 11 is 2.82. The van der Waals surface area contributed by atoms with Gasteiger partial charge in [-0.15, -0.1) is 0 Å². The summed E-state index contributed by atoms with van der Waals surface area (Å²) in [6, 6.07) is 1.41. The molecule has 0 bridgehead atoms. The van der Waals surface area contributed by atoms with Crippen LogP contribution in [0, 0.1) is 15.9 Å². The molecule has 0 aliphatic carbocycles. The van der Waals surface area contributed by atoms with E-state index in [1.807, 2.05) is 0 Å². The first kappa shape index (κ1) is 12.5. The number of hydrogen-bond acceptors (Lipinski definition) is 4. The number of nitro groups is 1. The summed E-state index contributed by atoms with van der Waals surface area (Å²) in [4.78, 5) is 19.9. The molecule has 8 heteroatoms. The zero-order chi connectivity index (χ0) is 12.5. The van der Waals surface area contributed by atoms with Gasteiger partial charge in [0.25, 0.3) is 0 Å². The van der Waals surface area contributed by atoms with Gasteiger partial charge in [0.2, 0.25) is 5.82 Å². The highest BCUT2D eigenvalue weighted by molar-refractivity contribution is 9.10. The second-order valence-corrected chi connectivity index (χ2v) is 3.68. The molecule has 1 unspecified atom stereocenters. The number of aliphatic hydroxyl groups excluding tert-OH is 1. The van der Waals surface area contributed by atoms with Crippen LogP contribution in [-0.2, 0) is 4.79 Å². The van der Waals surface area contributed by atoms with Crippen LogP contribution in [0.25, 0.3) is 0 Å². The quantitative estimate of drug-likeness (QED) is 0.651. The highest BCUT2D eigenvalue weighted by atomic mass is 79.9. The molecule has 1 aromatic rings. The van der Waals surface area contributed by atoms with E-state index in [-0.39, 0.29) is 10.0 Å². The first-order valence-electron chi connectivity index (χ1n) is 3.88. The van der Waals surface area contributed by atoms with E-state index in [9.17, 15) is 19.3 Å². The van der Waals surface area contributed by atoms with Crippen LogP contribution in [0.15, 0.2) is 16.6 Å². The second kappa shape index (κ2) is 4.54. The minimum Gasteiger partial charge on any atom is -0.479 e. The maximum absolute atomic E-state index is 13.1. The summed E-state index contributed by atoms with van der Waals surface area (Å²) in [7, 11) is 0. The number of halogens is 2. The average Bonchev–Trinajstić information content (AvgIpc) is 2.19. The van der Waals surface area contributed by atoms with Gasteiger partial charge in [0.1, 0.15) is 0 Å². The number of aliphatic hydroxyl groups is 1. The zero-order valence-corrected chi connectivity index (χ0v) is 9.14. The summed E-state index contributed by atoms with van der Waals surface area (Å²) in [5.74, 6) is -2.78. The molecular weight excluding hydrogens is 289 g/mol. The first-order valence-corrected chi connectivity index (χ1v) is 4.68. The molecule has 2 N–H and O–H groups in total. The second-order valence-electron chi connectivity index (χ2n) is 2.82. The van der Waals surface area contributed by atoms with E-state index in [2.05, 4.69) is 15.9 Å². The van der Waals surface area contributed by atoms with Crippen LogP contribution in [-0.4, -0.2) is 21.1 Å². The van der Waals surface area contributed by atoms with Gasteiger partial charge in [-0.25, -0.2) is 4.79 Å². The Bertz CT molecular complexity index is 464. The Morgan fingerprint density at radius 2 is 2.12 bits per heavy atom. The van der Waals surface area contributed by atoms with Crippen molar-refractivity contribution in [1.29, 1.82) is 0 Å². The van der Waals surface area contributed by atoms with Gasteiger partial charge in [-0.1, -0.05) is 15.9 Å². The molecule has 1 aromatic carbocycles. The summed E-state index contributed by atoms with van der Waals surface area (Å²) in [6.45, 7) is 0. The van der Waals surface area contributed by atoms with E-state index < -0.39 is 28.5 Å². The van der Waals surface area contributed by atoms with Crippen molar-refractivity contribution in [2.45, 2.75) is 6.10 Å². The van der Waals surface area contributed by atoms with E-state index in [1.54, 1.807) is 0 Å². The highest BCUT2D eigenvalue weighted by Crippen LogP contribution is 2.30. The molecule has 0 fully saturated rings. The molecule has 0 saturated heterocycles. The van der Waals surface area contributed by atoms with Gasteiger partial charge < -0.3 is 10.2 Å². The summed E-state index contributed by atoms with van der Waals surface area (Å²) in [5, 5.41) is 28.0. The lowest BCUT2D eigenvalue weighted by Crippen LogP contribution is -2.11. The molecule has 0 radical (unpaired) electrons. The topological polar surface area (TPSA) is 101 Å². The fourth-order valence-corrected chi connectivity index (χ4v) is 1.58. The third-order valence-electron chi connectivity index (χ3n) is 1.79. The van der Waals surface area contributed by atoms with E-state index >= 15 is 0 Å². The van der Waals surface area contributed by atoms with Crippen molar-refractivity contribution < 1.29 is 24.3 Å². The molecule has 0 aliphatic heterocycles. The Kier molecular flexibility index (Phi) is 3.55. The number of carboxylic acid groups (broad SMARTS) is 1. The number of carbonyl (C=O) groups is 1. The van der Waals surface area contributed by atoms with Crippen LogP contribution in [0.3, 0.4) is 0 Å². The zero-order valence-electron chi connectivity index (χ0n) is 7.55. The predicted octanol–water partition coefficient (Wildman–Crippen LogP) is 1.61. The normalized spacial score (nSPS) is 12.2. The van der Waals surface area contributed by atoms with Crippen molar-refractivity contribution in [3.8, 4) is 0 Å². The minimum atomic E-state index is -1.94. The van der Waals surface area contributed by atoms with Crippen molar-refractivity contribution in [2.24, 2.45) is 0 Å². The lowest BCUT2D eigenvalue weighted by molar-refractivity contribution is -0.387. The monoisotopic (exact) mass is 293 g/mol. The van der Waals surface area contributed by atoms with Crippen LogP contribution < -0.4 is 0 Å². The fourth-order valence-electron chi connectivity index (χ4n) is 1.03. The molecule has 1 rings (SSSR count). The third-order valence-corrected chi connectivity index (χ3v) is 2.48. The van der Waals surface area contributed by atoms with Crippen LogP contribution in [0.5, 0.6) is 0 Å². The fraction of sp³-hybridized carbons (Fsp3) is 0.125. The molecule has 0 aromatic heterocycles. The Morgan fingerprint density at radius 1 is 1.56 bits per heavy atom. The molecule has 0 aliphatic rings. The molecule has 0 amide bonds. The van der Waals surface area contributed by atoms with Crippen molar-refractivity contribution >= 4 is 27.6 Å². The molecule has 6 nitrogen and oxygen atoms in total. The number of benzene rings is 1. The number of nitro benzene ring substituents is 1. The summed E-state index contributed by atoms with van der Waals surface area (Å²) in [5.41, 5.74) is -1.08. The molecule has 16 heavy (non-hydrogen) atoms. The predicted molar refractivity (Wildman–Crippen MR) is 53.4 cm³/mol. The molecular formula is C8H5BrFNO5. The van der Waals surface area contributed by atoms with Gasteiger partial charge >= 0.3 is 11.7 Å². The van der Waals surface area contributed by atoms with Crippen molar-refractivity contribution in [3.63, 3.8) is 0 Å². The number of nitrogens with zero attached hydrogens (tertiary/aromatic N) is 1. The standard InChI is InChI=1S/C8H5BrFNO5/c9-4-2-6(11(15)16)5(10)1-3(4)7(12)8(13)14/h1-2,7,12H,(H,13,14). The van der Waals surface area contributed by atoms with Gasteiger partial charge in [-0.05, 0) is 6.07 Å². The number of aliphatic carboxylic acids is 1. The Morgan fingerprint density at radius 3 is 2.56 bits per heavy atom. The average molecular weight is 294 g/mol. The molecule has 0 spiro atoms. The Hall–Kier alpha value is -1.54. The van der Waals surface area contributed by atoms with E-state index in [1.165, 1.54) is 0 Å². The number of carboxylic acids is 1. The smallest absolute Gasteiger partial charge is 0.337 e. The minimum absolute atomic E-state index is 0.0458. The Balaban J connectivity index is 3.31. The van der Waals surface area contributed by atoms with Crippen LogP contribution in [0.1, 0.15) is 11.7 Å². The maximum Gasteiger partial charge on any atom is 0.337 e. The lowest BCUT2D eigenvalue weighted by atomic mass is 10.1. The maximum atomic E-state index is 13.1. The van der Waals surface area contributed by atoms with Crippen LogP contribution >= 0.6 is 15.9 Å². The molecule has 86 valence electrons. The van der Waals surface area contributed by atoms with E-state index in [0.717, 1.165) is 6.07 Å². The molecule has 0 heterocycles. The largest absolute Gasteiger partial charge is 0.479 e. The van der Waals surface area contributed by atoms with Gasteiger partial charge in [0.15, 0.2) is 6.10 Å². The van der Waals surface area contributed by atoms with Gasteiger partial charge in [0, 0.05) is 16.1 Å². The highest BCUT2D eigenvalue weighted by Gasteiger charge is 2.24. The lowest BCUT2D eigenvalue weighted by Gasteiger charge is -2.08. The summed E-state index contributed by atoms with van der Waals surface area (Å²) < 4.78 is 13.1. The van der Waals surface area contributed by atoms with Gasteiger partial charge in [-0.2, -0.15) is 4.39 Å². The van der Waals surface area contributed by atoms with Crippen LogP contribution in [0.2, 0.25) is 0 Å². The summed E-state index contributed by atoms with van der Waals surface area (Å²) in [6.07, 6.45) is -1.94. The molecule has 0 saturated carbocycles. The third kappa shape index (κ3) is 2.34. The van der Waals surface area contributed by atoms with Crippen LogP contribution in [0.4, 0.5) is 10.1 Å². The van der Waals surface area contributed by atoms with Gasteiger partial charge in [-0.3, -0.25) is 10.1 Å².